The molecule has 0 fully saturated rings. The molecule has 0 aliphatic rings. The zero-order chi connectivity index (χ0) is 14.5. The second kappa shape index (κ2) is 6.28. The monoisotopic (exact) mass is 275 g/mol. The number of alkyl halides is 3. The van der Waals surface area contributed by atoms with Crippen LogP contribution in [0.2, 0.25) is 0 Å². The molecule has 1 aromatic carbocycles. The fourth-order valence-corrected chi connectivity index (χ4v) is 1.95. The van der Waals surface area contributed by atoms with E-state index >= 15 is 0 Å². The zero-order valence-corrected chi connectivity index (χ0v) is 11.5. The van der Waals surface area contributed by atoms with Crippen molar-refractivity contribution in [1.82, 2.24) is 5.32 Å². The molecular weight excluding hydrogens is 255 g/mol. The SMILES string of the molecule is CCNCCC(C)(C)c1ccccc1OC(F)(F)F. The van der Waals surface area contributed by atoms with E-state index in [9.17, 15) is 13.2 Å². The molecule has 0 bridgehead atoms. The van der Waals surface area contributed by atoms with Gasteiger partial charge in [-0.2, -0.15) is 0 Å². The number of ether oxygens (including phenoxy) is 1. The molecule has 0 atom stereocenters. The molecule has 0 aliphatic heterocycles. The third kappa shape index (κ3) is 5.11. The Balaban J connectivity index is 2.92. The van der Waals surface area contributed by atoms with E-state index < -0.39 is 6.36 Å². The second-order valence-corrected chi connectivity index (χ2v) is 5.03. The van der Waals surface area contributed by atoms with Crippen LogP contribution in [0.15, 0.2) is 24.3 Å². The van der Waals surface area contributed by atoms with Crippen LogP contribution in [0.1, 0.15) is 32.8 Å². The molecule has 1 rings (SSSR count). The Kier molecular flexibility index (Phi) is 5.23. The molecule has 108 valence electrons. The first kappa shape index (κ1) is 15.8. The standard InChI is InChI=1S/C14H20F3NO/c1-4-18-10-9-13(2,3)11-7-5-6-8-12(11)19-14(15,16)17/h5-8,18H,4,9-10H2,1-3H3. The molecule has 0 radical (unpaired) electrons. The highest BCUT2D eigenvalue weighted by Gasteiger charge is 2.34. The predicted molar refractivity (Wildman–Crippen MR) is 69.3 cm³/mol. The van der Waals surface area contributed by atoms with Crippen LogP contribution in [0.4, 0.5) is 13.2 Å². The van der Waals surface area contributed by atoms with Gasteiger partial charge in [0.25, 0.3) is 0 Å². The van der Waals surface area contributed by atoms with Crippen molar-refractivity contribution in [1.29, 1.82) is 0 Å². The number of hydrogen-bond acceptors (Lipinski definition) is 2. The van der Waals surface area contributed by atoms with E-state index in [1.54, 1.807) is 18.2 Å². The van der Waals surface area contributed by atoms with E-state index in [0.717, 1.165) is 19.5 Å². The van der Waals surface area contributed by atoms with Gasteiger partial charge in [0.15, 0.2) is 0 Å². The predicted octanol–water partition coefficient (Wildman–Crippen LogP) is 3.86. The highest BCUT2D eigenvalue weighted by atomic mass is 19.4. The summed E-state index contributed by atoms with van der Waals surface area (Å²) in [5, 5.41) is 3.18. The summed E-state index contributed by atoms with van der Waals surface area (Å²) in [6.45, 7) is 7.43. The van der Waals surface area contributed by atoms with Crippen molar-refractivity contribution in [3.8, 4) is 5.75 Å². The van der Waals surface area contributed by atoms with Crippen LogP contribution in [0, 0.1) is 0 Å². The number of nitrogens with one attached hydrogen (secondary N) is 1. The molecule has 0 unspecified atom stereocenters. The number of halogens is 3. The van der Waals surface area contributed by atoms with E-state index in [1.807, 2.05) is 20.8 Å². The molecule has 2 nitrogen and oxygen atoms in total. The van der Waals surface area contributed by atoms with Crippen LogP contribution >= 0.6 is 0 Å². The van der Waals surface area contributed by atoms with Crippen molar-refractivity contribution < 1.29 is 17.9 Å². The van der Waals surface area contributed by atoms with Gasteiger partial charge >= 0.3 is 6.36 Å². The van der Waals surface area contributed by atoms with Gasteiger partial charge in [-0.15, -0.1) is 13.2 Å². The van der Waals surface area contributed by atoms with Crippen LogP contribution in [0.25, 0.3) is 0 Å². The average molecular weight is 275 g/mol. The maximum atomic E-state index is 12.4. The van der Waals surface area contributed by atoms with Crippen LogP contribution in [0.5, 0.6) is 5.75 Å². The van der Waals surface area contributed by atoms with Crippen molar-refractivity contribution in [2.45, 2.75) is 39.0 Å². The summed E-state index contributed by atoms with van der Waals surface area (Å²) in [5.74, 6) is -0.114. The van der Waals surface area contributed by atoms with Crippen LogP contribution in [-0.4, -0.2) is 19.5 Å². The molecule has 0 saturated heterocycles. The van der Waals surface area contributed by atoms with Gasteiger partial charge in [-0.25, -0.2) is 0 Å². The first-order valence-electron chi connectivity index (χ1n) is 6.32. The van der Waals surface area contributed by atoms with E-state index in [1.165, 1.54) is 6.07 Å². The lowest BCUT2D eigenvalue weighted by Gasteiger charge is -2.28. The summed E-state index contributed by atoms with van der Waals surface area (Å²) in [6, 6.07) is 6.32. The van der Waals surface area contributed by atoms with Crippen LogP contribution < -0.4 is 10.1 Å². The first-order valence-corrected chi connectivity index (χ1v) is 6.32. The normalized spacial score (nSPS) is 12.5. The quantitative estimate of drug-likeness (QED) is 0.796. The molecule has 0 heterocycles. The minimum Gasteiger partial charge on any atom is -0.405 e. The lowest BCUT2D eigenvalue weighted by molar-refractivity contribution is -0.275. The largest absolute Gasteiger partial charge is 0.573 e. The minimum atomic E-state index is -4.66. The average Bonchev–Trinajstić information content (AvgIpc) is 2.27. The van der Waals surface area contributed by atoms with Gasteiger partial charge in [0.2, 0.25) is 0 Å². The smallest absolute Gasteiger partial charge is 0.405 e. The molecule has 1 N–H and O–H groups in total. The second-order valence-electron chi connectivity index (χ2n) is 5.03. The van der Waals surface area contributed by atoms with Crippen molar-refractivity contribution in [3.05, 3.63) is 29.8 Å². The topological polar surface area (TPSA) is 21.3 Å². The first-order chi connectivity index (χ1) is 8.76. The Labute approximate surface area is 112 Å². The molecule has 1 aromatic rings. The molecule has 0 amide bonds. The molecule has 0 spiro atoms. The van der Waals surface area contributed by atoms with Gasteiger partial charge in [-0.3, -0.25) is 0 Å². The van der Waals surface area contributed by atoms with Crippen LogP contribution in [0.3, 0.4) is 0 Å². The van der Waals surface area contributed by atoms with Gasteiger partial charge in [0.1, 0.15) is 5.75 Å². The molecule has 0 aliphatic carbocycles. The third-order valence-electron chi connectivity index (χ3n) is 3.02. The Hall–Kier alpha value is -1.23. The van der Waals surface area contributed by atoms with Gasteiger partial charge in [0, 0.05) is 5.56 Å². The Morgan fingerprint density at radius 2 is 1.79 bits per heavy atom. The van der Waals surface area contributed by atoms with Crippen molar-refractivity contribution in [2.75, 3.05) is 13.1 Å². The van der Waals surface area contributed by atoms with Crippen molar-refractivity contribution in [3.63, 3.8) is 0 Å². The van der Waals surface area contributed by atoms with E-state index in [-0.39, 0.29) is 11.2 Å². The molecular formula is C14H20F3NO. The number of rotatable bonds is 6. The number of para-hydroxylation sites is 1. The highest BCUT2D eigenvalue weighted by Crippen LogP contribution is 2.36. The number of hydrogen-bond donors (Lipinski definition) is 1. The Morgan fingerprint density at radius 1 is 1.16 bits per heavy atom. The van der Waals surface area contributed by atoms with Crippen LogP contribution in [-0.2, 0) is 5.41 Å². The number of benzene rings is 1. The fourth-order valence-electron chi connectivity index (χ4n) is 1.95. The molecule has 0 saturated carbocycles. The maximum Gasteiger partial charge on any atom is 0.573 e. The van der Waals surface area contributed by atoms with E-state index in [2.05, 4.69) is 10.1 Å². The van der Waals surface area contributed by atoms with Crippen molar-refractivity contribution >= 4 is 0 Å². The summed E-state index contributed by atoms with van der Waals surface area (Å²) < 4.78 is 41.2. The summed E-state index contributed by atoms with van der Waals surface area (Å²) in [7, 11) is 0. The van der Waals surface area contributed by atoms with E-state index in [4.69, 9.17) is 0 Å². The lowest BCUT2D eigenvalue weighted by atomic mass is 9.81. The van der Waals surface area contributed by atoms with Gasteiger partial charge in [0.05, 0.1) is 0 Å². The summed E-state index contributed by atoms with van der Waals surface area (Å²) in [4.78, 5) is 0. The zero-order valence-electron chi connectivity index (χ0n) is 11.5. The third-order valence-corrected chi connectivity index (χ3v) is 3.02. The van der Waals surface area contributed by atoms with Crippen molar-refractivity contribution in [2.24, 2.45) is 0 Å². The Morgan fingerprint density at radius 3 is 2.37 bits per heavy atom. The lowest BCUT2D eigenvalue weighted by Crippen LogP contribution is -2.27. The fraction of sp³-hybridized carbons (Fsp3) is 0.571. The summed E-state index contributed by atoms with van der Waals surface area (Å²) in [6.07, 6.45) is -3.92. The molecule has 19 heavy (non-hydrogen) atoms. The minimum absolute atomic E-state index is 0.114. The van der Waals surface area contributed by atoms with Gasteiger partial charge < -0.3 is 10.1 Å². The highest BCUT2D eigenvalue weighted by molar-refractivity contribution is 5.39. The summed E-state index contributed by atoms with van der Waals surface area (Å²) in [5.41, 5.74) is 0.189. The Bertz CT molecular complexity index is 402. The van der Waals surface area contributed by atoms with E-state index in [0.29, 0.717) is 5.56 Å². The molecule has 5 heteroatoms. The summed E-state index contributed by atoms with van der Waals surface area (Å²) >= 11 is 0. The van der Waals surface area contributed by atoms with Gasteiger partial charge in [-0.1, -0.05) is 39.0 Å². The van der Waals surface area contributed by atoms with Gasteiger partial charge in [-0.05, 0) is 31.0 Å². The maximum absolute atomic E-state index is 12.4. The molecule has 0 aromatic heterocycles.